The molecule has 1 atom stereocenters. The summed E-state index contributed by atoms with van der Waals surface area (Å²) in [5.41, 5.74) is 4.43. The lowest BCUT2D eigenvalue weighted by molar-refractivity contribution is -0.140. The van der Waals surface area contributed by atoms with Crippen LogP contribution in [0.3, 0.4) is 0 Å². The third kappa shape index (κ3) is 2.45. The summed E-state index contributed by atoms with van der Waals surface area (Å²) >= 11 is 0. The van der Waals surface area contributed by atoms with Crippen LogP contribution < -0.4 is 0 Å². The highest BCUT2D eigenvalue weighted by molar-refractivity contribution is 6.10. The number of hydrogen-bond acceptors (Lipinski definition) is 2. The summed E-state index contributed by atoms with van der Waals surface area (Å²) in [7, 11) is 0. The zero-order valence-electron chi connectivity index (χ0n) is 11.6. The van der Waals surface area contributed by atoms with Gasteiger partial charge in [0, 0.05) is 5.56 Å². The number of rotatable bonds is 4. The van der Waals surface area contributed by atoms with Gasteiger partial charge in [-0.2, -0.15) is 0 Å². The predicted molar refractivity (Wildman–Crippen MR) is 71.1 cm³/mol. The summed E-state index contributed by atoms with van der Waals surface area (Å²) in [6.45, 7) is 9.37. The zero-order chi connectivity index (χ0) is 14.0. The maximum atomic E-state index is 12.4. The average molecular weight is 248 g/mol. The molecule has 0 spiro atoms. The molecule has 0 bridgehead atoms. The van der Waals surface area contributed by atoms with E-state index < -0.39 is 11.9 Å². The Hall–Kier alpha value is -1.64. The van der Waals surface area contributed by atoms with Gasteiger partial charge in [-0.25, -0.2) is 0 Å². The van der Waals surface area contributed by atoms with Gasteiger partial charge >= 0.3 is 5.97 Å². The maximum Gasteiger partial charge on any atom is 0.314 e. The molecule has 0 aromatic heterocycles. The minimum atomic E-state index is -1.04. The van der Waals surface area contributed by atoms with E-state index in [1.807, 2.05) is 33.8 Å². The largest absolute Gasteiger partial charge is 0.481 e. The number of benzene rings is 1. The zero-order valence-corrected chi connectivity index (χ0v) is 11.6. The Balaban J connectivity index is 3.41. The van der Waals surface area contributed by atoms with Gasteiger partial charge in [0.15, 0.2) is 5.78 Å². The molecule has 0 aliphatic rings. The summed E-state index contributed by atoms with van der Waals surface area (Å²) < 4.78 is 0. The number of ketones is 1. The van der Waals surface area contributed by atoms with E-state index >= 15 is 0 Å². The van der Waals surface area contributed by atoms with Gasteiger partial charge in [-0.15, -0.1) is 0 Å². The smallest absolute Gasteiger partial charge is 0.314 e. The van der Waals surface area contributed by atoms with Gasteiger partial charge < -0.3 is 5.11 Å². The monoisotopic (exact) mass is 248 g/mol. The van der Waals surface area contributed by atoms with Gasteiger partial charge in [-0.1, -0.05) is 13.0 Å². The minimum Gasteiger partial charge on any atom is -0.481 e. The van der Waals surface area contributed by atoms with E-state index in [1.54, 1.807) is 6.92 Å². The fraction of sp³-hybridized carbons (Fsp3) is 0.467. The third-order valence-electron chi connectivity index (χ3n) is 3.64. The standard InChI is InChI=1S/C15H20O3/c1-6-12(15(17)18)14(16)13-10(4)8(2)7-9(3)11(13)5/h7,12H,6H2,1-5H3,(H,17,18). The highest BCUT2D eigenvalue weighted by atomic mass is 16.4. The second-order valence-corrected chi connectivity index (χ2v) is 4.80. The number of aliphatic carboxylic acids is 1. The number of carbonyl (C=O) groups excluding carboxylic acids is 1. The second kappa shape index (κ2) is 5.34. The second-order valence-electron chi connectivity index (χ2n) is 4.80. The quantitative estimate of drug-likeness (QED) is 0.657. The van der Waals surface area contributed by atoms with Crippen molar-refractivity contribution in [1.29, 1.82) is 0 Å². The fourth-order valence-corrected chi connectivity index (χ4v) is 2.23. The van der Waals surface area contributed by atoms with E-state index in [4.69, 9.17) is 5.11 Å². The average Bonchev–Trinajstić information content (AvgIpc) is 2.27. The molecule has 0 aliphatic heterocycles. The summed E-state index contributed by atoms with van der Waals surface area (Å²) in [5.74, 6) is -2.25. The molecule has 3 nitrogen and oxygen atoms in total. The molecule has 0 aliphatic carbocycles. The van der Waals surface area contributed by atoms with Gasteiger partial charge in [0.2, 0.25) is 0 Å². The number of Topliss-reactive ketones (excluding diaryl/α,β-unsaturated/α-hetero) is 1. The molecule has 0 saturated heterocycles. The molecule has 1 aromatic rings. The number of aryl methyl sites for hydroxylation is 2. The van der Waals surface area contributed by atoms with Crippen LogP contribution in [0.15, 0.2) is 6.07 Å². The molecule has 1 rings (SSSR count). The van der Waals surface area contributed by atoms with Gasteiger partial charge in [0.05, 0.1) is 0 Å². The molecule has 0 fully saturated rings. The lowest BCUT2D eigenvalue weighted by Gasteiger charge is -2.17. The molecule has 1 unspecified atom stereocenters. The topological polar surface area (TPSA) is 54.4 Å². The van der Waals surface area contributed by atoms with E-state index in [0.29, 0.717) is 12.0 Å². The van der Waals surface area contributed by atoms with Crippen molar-refractivity contribution in [2.75, 3.05) is 0 Å². The van der Waals surface area contributed by atoms with Crippen LogP contribution in [0, 0.1) is 33.6 Å². The van der Waals surface area contributed by atoms with E-state index in [9.17, 15) is 9.59 Å². The molecule has 18 heavy (non-hydrogen) atoms. The lowest BCUT2D eigenvalue weighted by atomic mass is 9.86. The highest BCUT2D eigenvalue weighted by Gasteiger charge is 2.28. The summed E-state index contributed by atoms with van der Waals surface area (Å²) in [6.07, 6.45) is 0.319. The Labute approximate surface area is 108 Å². The summed E-state index contributed by atoms with van der Waals surface area (Å²) in [6, 6.07) is 2.03. The first kappa shape index (κ1) is 14.4. The molecule has 0 amide bonds. The van der Waals surface area contributed by atoms with Crippen LogP contribution >= 0.6 is 0 Å². The predicted octanol–water partition coefficient (Wildman–Crippen LogP) is 3.21. The number of carboxylic acids is 1. The van der Waals surface area contributed by atoms with E-state index in [-0.39, 0.29) is 5.78 Å². The molecule has 98 valence electrons. The van der Waals surface area contributed by atoms with Crippen molar-refractivity contribution in [3.8, 4) is 0 Å². The van der Waals surface area contributed by atoms with E-state index in [1.165, 1.54) is 0 Å². The third-order valence-corrected chi connectivity index (χ3v) is 3.64. The van der Waals surface area contributed by atoms with Crippen molar-refractivity contribution < 1.29 is 14.7 Å². The number of carboxylic acid groups (broad SMARTS) is 1. The Morgan fingerprint density at radius 2 is 1.56 bits per heavy atom. The summed E-state index contributed by atoms with van der Waals surface area (Å²) in [4.78, 5) is 23.5. The fourth-order valence-electron chi connectivity index (χ4n) is 2.23. The van der Waals surface area contributed by atoms with Crippen molar-refractivity contribution in [1.82, 2.24) is 0 Å². The van der Waals surface area contributed by atoms with E-state index in [0.717, 1.165) is 22.3 Å². The minimum absolute atomic E-state index is 0.271. The molecule has 0 saturated carbocycles. The normalized spacial score (nSPS) is 12.3. The van der Waals surface area contributed by atoms with Crippen LogP contribution in [-0.2, 0) is 4.79 Å². The molecular weight excluding hydrogens is 228 g/mol. The SMILES string of the molecule is CCC(C(=O)O)C(=O)c1c(C)c(C)cc(C)c1C. The number of hydrogen-bond donors (Lipinski definition) is 1. The Kier molecular flexibility index (Phi) is 4.28. The van der Waals surface area contributed by atoms with Crippen LogP contribution in [-0.4, -0.2) is 16.9 Å². The van der Waals surface area contributed by atoms with Gasteiger partial charge in [0.1, 0.15) is 5.92 Å². The maximum absolute atomic E-state index is 12.4. The molecular formula is C15H20O3. The Morgan fingerprint density at radius 1 is 1.11 bits per heavy atom. The Morgan fingerprint density at radius 3 is 1.89 bits per heavy atom. The van der Waals surface area contributed by atoms with E-state index in [2.05, 4.69) is 0 Å². The highest BCUT2D eigenvalue weighted by Crippen LogP contribution is 2.25. The summed E-state index contributed by atoms with van der Waals surface area (Å²) in [5, 5.41) is 9.10. The van der Waals surface area contributed by atoms with Crippen LogP contribution in [0.25, 0.3) is 0 Å². The Bertz CT molecular complexity index is 475. The first-order valence-electron chi connectivity index (χ1n) is 6.15. The number of carbonyl (C=O) groups is 2. The van der Waals surface area contributed by atoms with Crippen LogP contribution in [0.4, 0.5) is 0 Å². The van der Waals surface area contributed by atoms with Gasteiger partial charge in [0.25, 0.3) is 0 Å². The van der Waals surface area contributed by atoms with Crippen molar-refractivity contribution in [3.63, 3.8) is 0 Å². The first-order chi connectivity index (χ1) is 8.31. The first-order valence-corrected chi connectivity index (χ1v) is 6.15. The molecule has 0 radical (unpaired) electrons. The van der Waals surface area contributed by atoms with Crippen molar-refractivity contribution in [3.05, 3.63) is 33.9 Å². The van der Waals surface area contributed by atoms with Gasteiger partial charge in [-0.05, 0) is 56.4 Å². The van der Waals surface area contributed by atoms with Crippen LogP contribution in [0.5, 0.6) is 0 Å². The van der Waals surface area contributed by atoms with Crippen molar-refractivity contribution >= 4 is 11.8 Å². The van der Waals surface area contributed by atoms with Gasteiger partial charge in [-0.3, -0.25) is 9.59 Å². The molecule has 1 N–H and O–H groups in total. The van der Waals surface area contributed by atoms with Crippen LogP contribution in [0.1, 0.15) is 46.0 Å². The molecule has 1 aromatic carbocycles. The lowest BCUT2D eigenvalue weighted by Crippen LogP contribution is -2.25. The molecule has 0 heterocycles. The molecule has 3 heteroatoms. The van der Waals surface area contributed by atoms with Crippen molar-refractivity contribution in [2.45, 2.75) is 41.0 Å². The van der Waals surface area contributed by atoms with Crippen molar-refractivity contribution in [2.24, 2.45) is 5.92 Å². The van der Waals surface area contributed by atoms with Crippen LogP contribution in [0.2, 0.25) is 0 Å².